The first-order valence-electron chi connectivity index (χ1n) is 6.10. The lowest BCUT2D eigenvalue weighted by Crippen LogP contribution is -1.94. The molecular weight excluding hydrogens is 274 g/mol. The first-order chi connectivity index (χ1) is 9.61. The molecule has 0 radical (unpaired) electrons. The van der Waals surface area contributed by atoms with Crippen molar-refractivity contribution in [1.29, 1.82) is 0 Å². The van der Waals surface area contributed by atoms with Gasteiger partial charge >= 0.3 is 5.97 Å². The second kappa shape index (κ2) is 6.45. The van der Waals surface area contributed by atoms with Crippen LogP contribution in [-0.4, -0.2) is 22.7 Å². The Hall–Kier alpha value is -1.98. The summed E-state index contributed by atoms with van der Waals surface area (Å²) in [5.74, 6) is -0.930. The zero-order valence-corrected chi connectivity index (χ0v) is 11.9. The summed E-state index contributed by atoms with van der Waals surface area (Å²) in [6.45, 7) is 6.35. The molecule has 1 aromatic carbocycles. The molecule has 0 aliphatic heterocycles. The van der Waals surface area contributed by atoms with Gasteiger partial charge in [-0.2, -0.15) is 0 Å². The molecule has 0 spiro atoms. The number of nitrogens with zero attached hydrogens (tertiary/aromatic N) is 1. The number of carbonyl (C=O) groups is 1. The average Bonchev–Trinajstić information content (AvgIpc) is 2.82. The van der Waals surface area contributed by atoms with Gasteiger partial charge in [0, 0.05) is 5.56 Å². The molecule has 0 saturated carbocycles. The van der Waals surface area contributed by atoms with Gasteiger partial charge in [0.1, 0.15) is 9.88 Å². The third-order valence-corrected chi connectivity index (χ3v) is 3.89. The molecule has 2 rings (SSSR count). The molecule has 0 fully saturated rings. The lowest BCUT2D eigenvalue weighted by atomic mass is 10.1. The van der Waals surface area contributed by atoms with Crippen LogP contribution in [0.4, 0.5) is 0 Å². The van der Waals surface area contributed by atoms with Gasteiger partial charge in [-0.15, -0.1) is 17.9 Å². The molecular formula is C15H15NO3S. The highest BCUT2D eigenvalue weighted by Crippen LogP contribution is 2.28. The average molecular weight is 289 g/mol. The molecule has 1 heterocycles. The minimum atomic E-state index is -0.930. The summed E-state index contributed by atoms with van der Waals surface area (Å²) < 4.78 is 5.36. The van der Waals surface area contributed by atoms with E-state index in [0.29, 0.717) is 23.8 Å². The van der Waals surface area contributed by atoms with Crippen molar-refractivity contribution in [3.63, 3.8) is 0 Å². The van der Waals surface area contributed by atoms with Crippen LogP contribution in [0.2, 0.25) is 0 Å². The summed E-state index contributed by atoms with van der Waals surface area (Å²) in [6.07, 6.45) is 1.71. The Kier molecular flexibility index (Phi) is 4.65. The van der Waals surface area contributed by atoms with E-state index in [1.54, 1.807) is 13.0 Å². The molecule has 1 aromatic heterocycles. The zero-order valence-electron chi connectivity index (χ0n) is 11.1. The molecule has 0 saturated heterocycles. The highest BCUT2D eigenvalue weighted by atomic mass is 32.1. The first kappa shape index (κ1) is 14.4. The Balaban J connectivity index is 2.15. The number of aryl methyl sites for hydroxylation is 1. The number of aromatic nitrogens is 1. The Bertz CT molecular complexity index is 617. The monoisotopic (exact) mass is 289 g/mol. The van der Waals surface area contributed by atoms with Crippen LogP contribution in [0.25, 0.3) is 10.6 Å². The van der Waals surface area contributed by atoms with Crippen LogP contribution in [0.15, 0.2) is 36.9 Å². The Morgan fingerprint density at radius 2 is 2.15 bits per heavy atom. The summed E-state index contributed by atoms with van der Waals surface area (Å²) in [5.41, 5.74) is 2.52. The molecule has 0 bridgehead atoms. The van der Waals surface area contributed by atoms with Crippen LogP contribution >= 0.6 is 11.3 Å². The summed E-state index contributed by atoms with van der Waals surface area (Å²) in [4.78, 5) is 15.6. The number of carboxylic acid groups (broad SMARTS) is 1. The molecule has 0 aliphatic rings. The summed E-state index contributed by atoms with van der Waals surface area (Å²) in [6, 6.07) is 7.76. The fourth-order valence-electron chi connectivity index (χ4n) is 1.72. The fourth-order valence-corrected chi connectivity index (χ4v) is 2.63. The maximum absolute atomic E-state index is 11.0. The van der Waals surface area contributed by atoms with Crippen molar-refractivity contribution in [2.24, 2.45) is 0 Å². The van der Waals surface area contributed by atoms with Gasteiger partial charge in [0.05, 0.1) is 18.9 Å². The minimum Gasteiger partial charge on any atom is -0.477 e. The van der Waals surface area contributed by atoms with Crippen molar-refractivity contribution < 1.29 is 14.6 Å². The van der Waals surface area contributed by atoms with E-state index in [1.807, 2.05) is 24.3 Å². The van der Waals surface area contributed by atoms with Crippen LogP contribution in [0.3, 0.4) is 0 Å². The minimum absolute atomic E-state index is 0.290. The largest absolute Gasteiger partial charge is 0.477 e. The number of hydrogen-bond donors (Lipinski definition) is 1. The van der Waals surface area contributed by atoms with Crippen LogP contribution < -0.4 is 0 Å². The second-order valence-electron chi connectivity index (χ2n) is 4.24. The van der Waals surface area contributed by atoms with Crippen LogP contribution in [0.5, 0.6) is 0 Å². The van der Waals surface area contributed by atoms with Gasteiger partial charge < -0.3 is 9.84 Å². The van der Waals surface area contributed by atoms with Gasteiger partial charge in [0.15, 0.2) is 0 Å². The van der Waals surface area contributed by atoms with Gasteiger partial charge in [-0.05, 0) is 12.5 Å². The highest BCUT2D eigenvalue weighted by molar-refractivity contribution is 7.17. The van der Waals surface area contributed by atoms with Crippen LogP contribution in [0, 0.1) is 6.92 Å². The smallest absolute Gasteiger partial charge is 0.347 e. The molecule has 1 N–H and O–H groups in total. The Morgan fingerprint density at radius 1 is 1.45 bits per heavy atom. The van der Waals surface area contributed by atoms with Gasteiger partial charge in [0.25, 0.3) is 0 Å². The maximum atomic E-state index is 11.0. The molecule has 20 heavy (non-hydrogen) atoms. The topological polar surface area (TPSA) is 59.4 Å². The Morgan fingerprint density at radius 3 is 2.70 bits per heavy atom. The Labute approximate surface area is 121 Å². The molecule has 2 aromatic rings. The standard InChI is InChI=1S/C15H15NO3S/c1-3-8-19-9-11-4-6-12(7-5-11)14-16-10(2)13(20-14)15(17)18/h3-7H,1,8-9H2,2H3,(H,17,18). The van der Waals surface area contributed by atoms with E-state index in [-0.39, 0.29) is 0 Å². The number of ether oxygens (including phenoxy) is 1. The van der Waals surface area contributed by atoms with E-state index in [4.69, 9.17) is 9.84 Å². The van der Waals surface area contributed by atoms with Crippen molar-refractivity contribution in [1.82, 2.24) is 4.98 Å². The number of thiazole rings is 1. The van der Waals surface area contributed by atoms with E-state index in [1.165, 1.54) is 11.3 Å². The van der Waals surface area contributed by atoms with Gasteiger partial charge in [0.2, 0.25) is 0 Å². The molecule has 0 atom stereocenters. The number of rotatable bonds is 6. The predicted molar refractivity (Wildman–Crippen MR) is 79.1 cm³/mol. The van der Waals surface area contributed by atoms with Crippen molar-refractivity contribution in [3.05, 3.63) is 53.1 Å². The number of aromatic carboxylic acids is 1. The normalized spacial score (nSPS) is 10.4. The number of hydrogen-bond acceptors (Lipinski definition) is 4. The van der Waals surface area contributed by atoms with Gasteiger partial charge in [-0.25, -0.2) is 9.78 Å². The van der Waals surface area contributed by atoms with E-state index in [2.05, 4.69) is 11.6 Å². The van der Waals surface area contributed by atoms with Crippen LogP contribution in [-0.2, 0) is 11.3 Å². The maximum Gasteiger partial charge on any atom is 0.347 e. The van der Waals surface area contributed by atoms with E-state index in [0.717, 1.165) is 16.1 Å². The summed E-state index contributed by atoms with van der Waals surface area (Å²) >= 11 is 1.19. The number of carboxylic acids is 1. The third kappa shape index (κ3) is 3.31. The lowest BCUT2D eigenvalue weighted by molar-refractivity contribution is 0.0701. The van der Waals surface area contributed by atoms with E-state index in [9.17, 15) is 4.79 Å². The molecule has 104 valence electrons. The fraction of sp³-hybridized carbons (Fsp3) is 0.200. The molecule has 0 amide bonds. The van der Waals surface area contributed by atoms with Crippen molar-refractivity contribution in [2.45, 2.75) is 13.5 Å². The van der Waals surface area contributed by atoms with Crippen molar-refractivity contribution >= 4 is 17.3 Å². The summed E-state index contributed by atoms with van der Waals surface area (Å²) in [5, 5.41) is 9.76. The molecule has 4 nitrogen and oxygen atoms in total. The lowest BCUT2D eigenvalue weighted by Gasteiger charge is -2.02. The number of benzene rings is 1. The van der Waals surface area contributed by atoms with Gasteiger partial charge in [-0.3, -0.25) is 0 Å². The molecule has 5 heteroatoms. The third-order valence-electron chi connectivity index (χ3n) is 2.70. The second-order valence-corrected chi connectivity index (χ2v) is 5.24. The summed E-state index contributed by atoms with van der Waals surface area (Å²) in [7, 11) is 0. The molecule has 0 unspecified atom stereocenters. The van der Waals surface area contributed by atoms with E-state index >= 15 is 0 Å². The van der Waals surface area contributed by atoms with Gasteiger partial charge in [-0.1, -0.05) is 30.3 Å². The molecule has 0 aliphatic carbocycles. The van der Waals surface area contributed by atoms with E-state index < -0.39 is 5.97 Å². The van der Waals surface area contributed by atoms with Crippen molar-refractivity contribution in [2.75, 3.05) is 6.61 Å². The quantitative estimate of drug-likeness (QED) is 0.653. The van der Waals surface area contributed by atoms with Crippen LogP contribution in [0.1, 0.15) is 20.9 Å². The SMILES string of the molecule is C=CCOCc1ccc(-c2nc(C)c(C(=O)O)s2)cc1. The zero-order chi connectivity index (χ0) is 14.5. The first-order valence-corrected chi connectivity index (χ1v) is 6.92. The highest BCUT2D eigenvalue weighted by Gasteiger charge is 2.14. The predicted octanol–water partition coefficient (Wildman–Crippen LogP) is 3.52. The van der Waals surface area contributed by atoms with Crippen molar-refractivity contribution in [3.8, 4) is 10.6 Å².